The highest BCUT2D eigenvalue weighted by Gasteiger charge is 1.90. The maximum absolute atomic E-state index is 11.8. The Morgan fingerprint density at radius 3 is 2.86 bits per heavy atom. The maximum atomic E-state index is 11.8. The summed E-state index contributed by atoms with van der Waals surface area (Å²) in [6.45, 7) is 0.493. The van der Waals surface area contributed by atoms with Crippen molar-refractivity contribution in [1.29, 1.82) is 0 Å². The molecule has 0 aromatic heterocycles. The average Bonchev–Trinajstić information content (AvgIpc) is 1.69. The van der Waals surface area contributed by atoms with Crippen molar-refractivity contribution < 1.29 is 9.13 Å². The quantitative estimate of drug-likeness (QED) is 0.447. The van der Waals surface area contributed by atoms with E-state index in [4.69, 9.17) is 0 Å². The van der Waals surface area contributed by atoms with Crippen LogP contribution in [-0.2, 0) is 4.74 Å². The molecule has 0 aliphatic carbocycles. The molecule has 1 nitrogen and oxygen atoms in total. The SMILES string of the molecule is FC1=COCC=C1. The summed E-state index contributed by atoms with van der Waals surface area (Å²) >= 11 is 0. The lowest BCUT2D eigenvalue weighted by molar-refractivity contribution is 0.273. The highest BCUT2D eigenvalue weighted by molar-refractivity contribution is 5.11. The summed E-state index contributed by atoms with van der Waals surface area (Å²) in [4.78, 5) is 0. The standard InChI is InChI=1S/C5H5FO/c6-5-2-1-3-7-4-5/h1-2,4H,3H2. The molecule has 0 radical (unpaired) electrons. The van der Waals surface area contributed by atoms with Gasteiger partial charge < -0.3 is 4.74 Å². The number of allylic oxidation sites excluding steroid dienone is 2. The third-order valence-electron chi connectivity index (χ3n) is 0.665. The summed E-state index contributed by atoms with van der Waals surface area (Å²) in [6, 6.07) is 0. The molecule has 0 saturated heterocycles. The van der Waals surface area contributed by atoms with Crippen molar-refractivity contribution in [1.82, 2.24) is 0 Å². The first-order valence-corrected chi connectivity index (χ1v) is 2.03. The topological polar surface area (TPSA) is 9.23 Å². The summed E-state index contributed by atoms with van der Waals surface area (Å²) in [5, 5.41) is 0. The Hall–Kier alpha value is -0.790. The Balaban J connectivity index is 2.58. The first kappa shape index (κ1) is 4.37. The second kappa shape index (κ2) is 1.78. The van der Waals surface area contributed by atoms with Gasteiger partial charge in [0.15, 0.2) is 5.83 Å². The lowest BCUT2D eigenvalue weighted by atomic mass is 10.4. The average molecular weight is 100 g/mol. The summed E-state index contributed by atoms with van der Waals surface area (Å²) in [5.41, 5.74) is 0. The predicted molar refractivity (Wildman–Crippen MR) is 24.3 cm³/mol. The highest BCUT2D eigenvalue weighted by Crippen LogP contribution is 2.02. The monoisotopic (exact) mass is 100 g/mol. The van der Waals surface area contributed by atoms with E-state index in [1.807, 2.05) is 0 Å². The molecular formula is C5H5FO. The second-order valence-corrected chi connectivity index (χ2v) is 1.24. The van der Waals surface area contributed by atoms with Gasteiger partial charge in [-0.1, -0.05) is 0 Å². The van der Waals surface area contributed by atoms with E-state index in [9.17, 15) is 4.39 Å². The van der Waals surface area contributed by atoms with Gasteiger partial charge in [0.25, 0.3) is 0 Å². The van der Waals surface area contributed by atoms with Gasteiger partial charge in [0.05, 0.1) is 0 Å². The molecule has 38 valence electrons. The van der Waals surface area contributed by atoms with Gasteiger partial charge in [-0.3, -0.25) is 0 Å². The molecule has 0 N–H and O–H groups in total. The van der Waals surface area contributed by atoms with Gasteiger partial charge in [-0.2, -0.15) is 0 Å². The molecule has 0 bridgehead atoms. The van der Waals surface area contributed by atoms with E-state index in [1.54, 1.807) is 6.08 Å². The number of halogens is 1. The van der Waals surface area contributed by atoms with Crippen LogP contribution >= 0.6 is 0 Å². The predicted octanol–water partition coefficient (Wildman–Crippen LogP) is 1.38. The number of hydrogen-bond acceptors (Lipinski definition) is 1. The van der Waals surface area contributed by atoms with Crippen LogP contribution in [0, 0.1) is 0 Å². The van der Waals surface area contributed by atoms with Crippen molar-refractivity contribution >= 4 is 0 Å². The molecule has 2 heteroatoms. The van der Waals surface area contributed by atoms with Crippen LogP contribution in [0.5, 0.6) is 0 Å². The fraction of sp³-hybridized carbons (Fsp3) is 0.200. The number of rotatable bonds is 0. The van der Waals surface area contributed by atoms with Crippen LogP contribution in [0.3, 0.4) is 0 Å². The van der Waals surface area contributed by atoms with Crippen molar-refractivity contribution in [3.8, 4) is 0 Å². The van der Waals surface area contributed by atoms with Crippen molar-refractivity contribution in [3.05, 3.63) is 24.2 Å². The largest absolute Gasteiger partial charge is 0.494 e. The molecule has 1 aliphatic rings. The summed E-state index contributed by atoms with van der Waals surface area (Å²) in [7, 11) is 0. The Bertz CT molecular complexity index is 115. The minimum Gasteiger partial charge on any atom is -0.494 e. The fourth-order valence-corrected chi connectivity index (χ4v) is 0.383. The van der Waals surface area contributed by atoms with E-state index in [2.05, 4.69) is 4.74 Å². The van der Waals surface area contributed by atoms with Gasteiger partial charge in [-0.25, -0.2) is 4.39 Å². The molecule has 0 atom stereocenters. The zero-order valence-corrected chi connectivity index (χ0v) is 3.73. The smallest absolute Gasteiger partial charge is 0.157 e. The lowest BCUT2D eigenvalue weighted by Gasteiger charge is -1.97. The van der Waals surface area contributed by atoms with Crippen molar-refractivity contribution in [2.45, 2.75) is 0 Å². The van der Waals surface area contributed by atoms with Crippen LogP contribution < -0.4 is 0 Å². The van der Waals surface area contributed by atoms with Crippen molar-refractivity contribution in [2.24, 2.45) is 0 Å². The van der Waals surface area contributed by atoms with E-state index < -0.39 is 0 Å². The normalized spacial score (nSPS) is 18.1. The van der Waals surface area contributed by atoms with Crippen LogP contribution in [0.2, 0.25) is 0 Å². The molecular weight excluding hydrogens is 95.1 g/mol. The zero-order chi connectivity index (χ0) is 5.11. The summed E-state index contributed by atoms with van der Waals surface area (Å²) in [5.74, 6) is -0.314. The van der Waals surface area contributed by atoms with Gasteiger partial charge in [-0.15, -0.1) is 0 Å². The molecule has 0 fully saturated rings. The van der Waals surface area contributed by atoms with Crippen LogP contribution in [0.15, 0.2) is 24.2 Å². The van der Waals surface area contributed by atoms with E-state index in [1.165, 1.54) is 6.08 Å². The molecule has 1 rings (SSSR count). The van der Waals surface area contributed by atoms with Crippen LogP contribution in [0.25, 0.3) is 0 Å². The number of ether oxygens (including phenoxy) is 1. The summed E-state index contributed by atoms with van der Waals surface area (Å²) < 4.78 is 16.4. The third-order valence-corrected chi connectivity index (χ3v) is 0.665. The molecule has 0 saturated carbocycles. The van der Waals surface area contributed by atoms with E-state index in [0.717, 1.165) is 6.26 Å². The summed E-state index contributed by atoms with van der Waals surface area (Å²) in [6.07, 6.45) is 4.10. The van der Waals surface area contributed by atoms with Crippen molar-refractivity contribution in [2.75, 3.05) is 6.61 Å². The van der Waals surface area contributed by atoms with Gasteiger partial charge in [0, 0.05) is 0 Å². The number of hydrogen-bond donors (Lipinski definition) is 0. The van der Waals surface area contributed by atoms with Gasteiger partial charge in [-0.05, 0) is 12.2 Å². The van der Waals surface area contributed by atoms with Gasteiger partial charge in [0.1, 0.15) is 12.9 Å². The van der Waals surface area contributed by atoms with Crippen LogP contribution in [0.4, 0.5) is 4.39 Å². The second-order valence-electron chi connectivity index (χ2n) is 1.24. The molecule has 1 heterocycles. The Kier molecular flexibility index (Phi) is 1.11. The first-order valence-electron chi connectivity index (χ1n) is 2.03. The van der Waals surface area contributed by atoms with Gasteiger partial charge >= 0.3 is 0 Å². The van der Waals surface area contributed by atoms with E-state index in [0.29, 0.717) is 6.61 Å². The molecule has 0 aromatic carbocycles. The lowest BCUT2D eigenvalue weighted by Crippen LogP contribution is -1.86. The molecule has 0 amide bonds. The minimum absolute atomic E-state index is 0.314. The zero-order valence-electron chi connectivity index (χ0n) is 3.73. The van der Waals surface area contributed by atoms with Gasteiger partial charge in [0.2, 0.25) is 0 Å². The molecule has 0 unspecified atom stereocenters. The highest BCUT2D eigenvalue weighted by atomic mass is 19.1. The molecule has 7 heavy (non-hydrogen) atoms. The first-order chi connectivity index (χ1) is 3.39. The minimum atomic E-state index is -0.314. The van der Waals surface area contributed by atoms with Crippen LogP contribution in [0.1, 0.15) is 0 Å². The Morgan fingerprint density at radius 1 is 1.71 bits per heavy atom. The fourth-order valence-electron chi connectivity index (χ4n) is 0.383. The molecule has 0 spiro atoms. The maximum Gasteiger partial charge on any atom is 0.157 e. The molecule has 1 aliphatic heterocycles. The van der Waals surface area contributed by atoms with E-state index >= 15 is 0 Å². The van der Waals surface area contributed by atoms with Crippen LogP contribution in [-0.4, -0.2) is 6.61 Å². The third kappa shape index (κ3) is 1.03. The Labute approximate surface area is 41.1 Å². The van der Waals surface area contributed by atoms with E-state index in [-0.39, 0.29) is 5.83 Å². The van der Waals surface area contributed by atoms with Crippen molar-refractivity contribution in [3.63, 3.8) is 0 Å². The Morgan fingerprint density at radius 2 is 2.57 bits per heavy atom. The molecule has 0 aromatic rings.